The highest BCUT2D eigenvalue weighted by molar-refractivity contribution is 5.72. The molecule has 0 aromatic carbocycles. The molecule has 0 bridgehead atoms. The number of hydrogen-bond donors (Lipinski definition) is 3. The summed E-state index contributed by atoms with van der Waals surface area (Å²) in [4.78, 5) is 10.2. The second-order valence-electron chi connectivity index (χ2n) is 2.04. The molecule has 4 nitrogen and oxygen atoms in total. The van der Waals surface area contributed by atoms with Crippen molar-refractivity contribution in [2.45, 2.75) is 25.3 Å². The molecule has 0 aliphatic rings. The molecule has 10 heavy (non-hydrogen) atoms. The van der Waals surface area contributed by atoms with Crippen LogP contribution in [0.2, 0.25) is 0 Å². The minimum absolute atomic E-state index is 0.133. The Labute approximate surface area is 63.0 Å². The second kappa shape index (κ2) is 5.20. The Hall–Kier alpha value is -0.610. The van der Waals surface area contributed by atoms with Crippen LogP contribution in [-0.4, -0.2) is 23.6 Å². The smallest absolute Gasteiger partial charge is 0.320 e. The van der Waals surface area contributed by atoms with Crippen molar-refractivity contribution in [3.63, 3.8) is 0 Å². The molecule has 0 aromatic heterocycles. The van der Waals surface area contributed by atoms with Gasteiger partial charge in [0.15, 0.2) is 0 Å². The summed E-state index contributed by atoms with van der Waals surface area (Å²) in [5.41, 5.74) is 10.2. The van der Waals surface area contributed by atoms with Crippen molar-refractivity contribution in [2.75, 3.05) is 6.50 Å². The molecule has 0 fully saturated rings. The largest absolute Gasteiger partial charge is 0.480 e. The SMILES string of the molecule is [2H]C([2H])(N)CCC[C@H](N)C(=O)O. The van der Waals surface area contributed by atoms with Crippen molar-refractivity contribution in [2.24, 2.45) is 11.5 Å². The minimum atomic E-state index is -1.72. The first-order valence-corrected chi connectivity index (χ1v) is 3.10. The van der Waals surface area contributed by atoms with E-state index in [1.165, 1.54) is 0 Å². The fourth-order valence-electron chi connectivity index (χ4n) is 0.548. The summed E-state index contributed by atoms with van der Waals surface area (Å²) in [6, 6.07) is -0.910. The standard InChI is InChI=1S/C6H14N2O2/c7-4-2-1-3-5(8)6(9)10/h5H,1-4,7-8H2,(H,9,10)/t5-/m0/s1/i4D2. The van der Waals surface area contributed by atoms with Gasteiger partial charge < -0.3 is 16.6 Å². The summed E-state index contributed by atoms with van der Waals surface area (Å²) in [7, 11) is 0. The van der Waals surface area contributed by atoms with E-state index < -0.39 is 18.5 Å². The third-order valence-electron chi connectivity index (χ3n) is 1.15. The van der Waals surface area contributed by atoms with Crippen molar-refractivity contribution >= 4 is 5.97 Å². The van der Waals surface area contributed by atoms with Gasteiger partial charge in [0.05, 0.1) is 0 Å². The quantitative estimate of drug-likeness (QED) is 0.491. The van der Waals surface area contributed by atoms with Gasteiger partial charge in [-0.25, -0.2) is 0 Å². The fraction of sp³-hybridized carbons (Fsp3) is 0.833. The first-order chi connectivity index (χ1) is 5.33. The van der Waals surface area contributed by atoms with E-state index in [0.717, 1.165) is 0 Å². The Bertz CT molecular complexity index is 158. The van der Waals surface area contributed by atoms with E-state index in [-0.39, 0.29) is 12.8 Å². The zero-order valence-corrected chi connectivity index (χ0v) is 5.71. The van der Waals surface area contributed by atoms with Gasteiger partial charge >= 0.3 is 5.97 Å². The Morgan fingerprint density at radius 2 is 2.30 bits per heavy atom. The van der Waals surface area contributed by atoms with E-state index >= 15 is 0 Å². The number of carboxylic acids is 1. The molecular formula is C6H14N2O2. The molecule has 0 amide bonds. The number of rotatable bonds is 5. The summed E-state index contributed by atoms with van der Waals surface area (Å²) in [5, 5.41) is 8.36. The van der Waals surface area contributed by atoms with Crippen LogP contribution in [-0.2, 0) is 4.79 Å². The third-order valence-corrected chi connectivity index (χ3v) is 1.15. The summed E-state index contributed by atoms with van der Waals surface area (Å²) >= 11 is 0. The lowest BCUT2D eigenvalue weighted by Crippen LogP contribution is -2.29. The lowest BCUT2D eigenvalue weighted by atomic mass is 10.1. The van der Waals surface area contributed by atoms with E-state index in [4.69, 9.17) is 19.3 Å². The molecule has 5 N–H and O–H groups in total. The fourth-order valence-corrected chi connectivity index (χ4v) is 0.548. The average molecular weight is 148 g/mol. The Morgan fingerprint density at radius 3 is 2.70 bits per heavy atom. The van der Waals surface area contributed by atoms with Gasteiger partial charge in [-0.05, 0) is 19.3 Å². The molecule has 0 aromatic rings. The highest BCUT2D eigenvalue weighted by Gasteiger charge is 2.09. The molecule has 60 valence electrons. The predicted octanol–water partition coefficient (Wildman–Crippen LogP) is -0.473. The molecule has 0 spiro atoms. The number of aliphatic carboxylic acids is 1. The first-order valence-electron chi connectivity index (χ1n) is 4.10. The zero-order valence-electron chi connectivity index (χ0n) is 7.71. The van der Waals surface area contributed by atoms with Crippen LogP contribution >= 0.6 is 0 Å². The number of carbonyl (C=O) groups is 1. The molecule has 4 heteroatoms. The summed E-state index contributed by atoms with van der Waals surface area (Å²) < 4.78 is 13.9. The van der Waals surface area contributed by atoms with E-state index in [1.807, 2.05) is 0 Å². The highest BCUT2D eigenvalue weighted by atomic mass is 16.4. The Balaban J connectivity index is 3.51. The number of hydrogen-bond acceptors (Lipinski definition) is 3. The molecule has 0 saturated heterocycles. The van der Waals surface area contributed by atoms with Gasteiger partial charge in [0.2, 0.25) is 0 Å². The number of nitrogens with two attached hydrogens (primary N) is 2. The Morgan fingerprint density at radius 1 is 1.70 bits per heavy atom. The van der Waals surface area contributed by atoms with Crippen LogP contribution in [0.5, 0.6) is 0 Å². The molecule has 0 saturated carbocycles. The molecule has 0 heterocycles. The molecule has 0 rings (SSSR count). The van der Waals surface area contributed by atoms with E-state index in [9.17, 15) is 4.79 Å². The zero-order chi connectivity index (χ0) is 9.78. The van der Waals surface area contributed by atoms with Crippen LogP contribution in [0.15, 0.2) is 0 Å². The Kier molecular flexibility index (Phi) is 3.18. The monoisotopic (exact) mass is 148 g/mol. The predicted molar refractivity (Wildman–Crippen MR) is 38.5 cm³/mol. The van der Waals surface area contributed by atoms with Crippen LogP contribution in [0, 0.1) is 0 Å². The topological polar surface area (TPSA) is 89.3 Å². The van der Waals surface area contributed by atoms with E-state index in [2.05, 4.69) is 0 Å². The number of carboxylic acid groups (broad SMARTS) is 1. The first kappa shape index (κ1) is 6.12. The summed E-state index contributed by atoms with van der Waals surface area (Å²) in [6.07, 6.45) is 0.775. The highest BCUT2D eigenvalue weighted by Crippen LogP contribution is 1.96. The minimum Gasteiger partial charge on any atom is -0.480 e. The van der Waals surface area contributed by atoms with Crippen molar-refractivity contribution in [1.29, 1.82) is 0 Å². The van der Waals surface area contributed by atoms with Gasteiger partial charge in [-0.2, -0.15) is 0 Å². The van der Waals surface area contributed by atoms with Crippen LogP contribution < -0.4 is 11.5 Å². The average Bonchev–Trinajstić information content (AvgIpc) is 1.84. The van der Waals surface area contributed by atoms with Crippen molar-refractivity contribution < 1.29 is 12.6 Å². The van der Waals surface area contributed by atoms with Crippen molar-refractivity contribution in [1.82, 2.24) is 0 Å². The lowest BCUT2D eigenvalue weighted by molar-refractivity contribution is -0.138. The maximum atomic E-state index is 10.2. The molecule has 1 atom stereocenters. The van der Waals surface area contributed by atoms with Crippen LogP contribution in [0.1, 0.15) is 22.0 Å². The maximum absolute atomic E-state index is 10.2. The maximum Gasteiger partial charge on any atom is 0.320 e. The molecule has 0 unspecified atom stereocenters. The second-order valence-corrected chi connectivity index (χ2v) is 2.04. The summed E-state index contributed by atoms with van der Waals surface area (Å²) in [5.74, 6) is -1.06. The molecule has 0 radical (unpaired) electrons. The van der Waals surface area contributed by atoms with Crippen molar-refractivity contribution in [3.8, 4) is 0 Å². The normalized spacial score (nSPS) is 17.4. The molecule has 0 aliphatic heterocycles. The van der Waals surface area contributed by atoms with Gasteiger partial charge in [-0.3, -0.25) is 4.79 Å². The van der Waals surface area contributed by atoms with E-state index in [0.29, 0.717) is 6.42 Å². The van der Waals surface area contributed by atoms with Crippen LogP contribution in [0.25, 0.3) is 0 Å². The third kappa shape index (κ3) is 4.29. The lowest BCUT2D eigenvalue weighted by Gasteiger charge is -2.03. The van der Waals surface area contributed by atoms with Crippen LogP contribution in [0.4, 0.5) is 0 Å². The van der Waals surface area contributed by atoms with Crippen molar-refractivity contribution in [3.05, 3.63) is 0 Å². The van der Waals surface area contributed by atoms with Gasteiger partial charge in [-0.1, -0.05) is 6.42 Å². The van der Waals surface area contributed by atoms with Gasteiger partial charge in [0, 0.05) is 2.74 Å². The van der Waals surface area contributed by atoms with Crippen LogP contribution in [0.3, 0.4) is 0 Å². The molecule has 0 aliphatic carbocycles. The molecular weight excluding hydrogens is 132 g/mol. The van der Waals surface area contributed by atoms with Gasteiger partial charge in [0.1, 0.15) is 6.04 Å². The van der Waals surface area contributed by atoms with E-state index in [1.54, 1.807) is 0 Å². The summed E-state index contributed by atoms with van der Waals surface area (Å²) in [6.45, 7) is -1.72. The van der Waals surface area contributed by atoms with Gasteiger partial charge in [0.25, 0.3) is 0 Å². The van der Waals surface area contributed by atoms with Gasteiger partial charge in [-0.15, -0.1) is 0 Å².